The first-order chi connectivity index (χ1) is 13.2. The molecule has 2 atom stereocenters. The fourth-order valence-corrected chi connectivity index (χ4v) is 1.99. The van der Waals surface area contributed by atoms with E-state index >= 15 is 0 Å². The number of nitro benzene ring substituents is 1. The quantitative estimate of drug-likeness (QED) is 0.421. The van der Waals surface area contributed by atoms with Gasteiger partial charge < -0.3 is 25.0 Å². The van der Waals surface area contributed by atoms with Crippen molar-refractivity contribution in [3.8, 4) is 5.75 Å². The highest BCUT2D eigenvalue weighted by Crippen LogP contribution is 2.31. The molecule has 0 aliphatic carbocycles. The summed E-state index contributed by atoms with van der Waals surface area (Å²) in [6.45, 7) is 4.52. The summed E-state index contributed by atoms with van der Waals surface area (Å²) in [6.07, 6.45) is -4.12. The van der Waals surface area contributed by atoms with E-state index in [4.69, 9.17) is 9.47 Å². The summed E-state index contributed by atoms with van der Waals surface area (Å²) in [5.74, 6) is -7.45. The van der Waals surface area contributed by atoms with E-state index in [-0.39, 0.29) is 12.1 Å². The van der Waals surface area contributed by atoms with Gasteiger partial charge in [0, 0.05) is 12.5 Å². The average Bonchev–Trinajstić information content (AvgIpc) is 2.54. The number of carbonyl (C=O) groups is 3. The zero-order valence-corrected chi connectivity index (χ0v) is 15.5. The molecule has 0 heterocycles. The molecule has 160 valence electrons. The topological polar surface area (TPSA) is 165 Å². The first-order valence-corrected chi connectivity index (χ1v) is 7.96. The third-order valence-corrected chi connectivity index (χ3v) is 3.18. The molecular weight excluding hydrogens is 402 g/mol. The summed E-state index contributed by atoms with van der Waals surface area (Å²) in [7, 11) is 0. The second-order valence-electron chi connectivity index (χ2n) is 6.71. The highest BCUT2D eigenvalue weighted by molar-refractivity contribution is 5.81. The first-order valence-electron chi connectivity index (χ1n) is 7.96. The van der Waals surface area contributed by atoms with Crippen molar-refractivity contribution >= 4 is 23.7 Å². The van der Waals surface area contributed by atoms with Crippen molar-refractivity contribution in [2.24, 2.45) is 0 Å². The molecule has 1 amide bonds. The number of nitrogens with one attached hydrogen (secondary N) is 1. The van der Waals surface area contributed by atoms with Crippen molar-refractivity contribution in [2.45, 2.75) is 44.9 Å². The number of hydrogen-bond donors (Lipinski definition) is 3. The number of hydrogen-bond acceptors (Lipinski definition) is 7. The number of nitro groups is 1. The highest BCUT2D eigenvalue weighted by atomic mass is 19.2. The molecule has 0 unspecified atom stereocenters. The number of halogens is 2. The van der Waals surface area contributed by atoms with Gasteiger partial charge >= 0.3 is 23.7 Å². The second-order valence-corrected chi connectivity index (χ2v) is 6.71. The van der Waals surface area contributed by atoms with Gasteiger partial charge in [0.1, 0.15) is 11.6 Å². The van der Waals surface area contributed by atoms with E-state index in [1.54, 1.807) is 0 Å². The molecule has 0 aromatic heterocycles. The van der Waals surface area contributed by atoms with Gasteiger partial charge in [0.2, 0.25) is 5.75 Å². The van der Waals surface area contributed by atoms with Gasteiger partial charge in [-0.05, 0) is 20.8 Å². The summed E-state index contributed by atoms with van der Waals surface area (Å²) in [5, 5.41) is 31.3. The van der Waals surface area contributed by atoms with E-state index < -0.39 is 70.2 Å². The summed E-state index contributed by atoms with van der Waals surface area (Å²) in [6, 6.07) is -1.37. The summed E-state index contributed by atoms with van der Waals surface area (Å²) < 4.78 is 36.4. The average molecular weight is 420 g/mol. The molecular formula is C16H18F2N2O9. The maximum atomic E-state index is 13.4. The SMILES string of the molecule is CC(C)(C)OC(=O)N[C@@H](C[C@H](Oc1cc(F)c(F)cc1[N+](=O)[O-])C(=O)O)C(=O)O. The molecule has 0 aliphatic heterocycles. The fourth-order valence-electron chi connectivity index (χ4n) is 1.99. The molecule has 1 aromatic carbocycles. The monoisotopic (exact) mass is 420 g/mol. The molecule has 1 rings (SSSR count). The Kier molecular flexibility index (Phi) is 7.40. The largest absolute Gasteiger partial charge is 0.480 e. The maximum Gasteiger partial charge on any atom is 0.408 e. The molecule has 29 heavy (non-hydrogen) atoms. The first kappa shape index (κ1) is 23.5. The van der Waals surface area contributed by atoms with Gasteiger partial charge in [0.15, 0.2) is 17.7 Å². The highest BCUT2D eigenvalue weighted by Gasteiger charge is 2.33. The fraction of sp³-hybridized carbons (Fsp3) is 0.438. The number of alkyl carbamates (subject to hydrolysis) is 1. The van der Waals surface area contributed by atoms with Gasteiger partial charge in [-0.2, -0.15) is 0 Å². The van der Waals surface area contributed by atoms with Crippen molar-refractivity contribution in [2.75, 3.05) is 0 Å². The molecule has 0 fully saturated rings. The Bertz CT molecular complexity index is 823. The Balaban J connectivity index is 3.10. The lowest BCUT2D eigenvalue weighted by Gasteiger charge is -2.23. The van der Waals surface area contributed by atoms with Crippen molar-refractivity contribution in [3.05, 3.63) is 33.9 Å². The van der Waals surface area contributed by atoms with Gasteiger partial charge in [0.05, 0.1) is 11.0 Å². The Hall–Kier alpha value is -3.51. The minimum atomic E-state index is -2.06. The van der Waals surface area contributed by atoms with E-state index in [9.17, 15) is 43.5 Å². The van der Waals surface area contributed by atoms with Crippen LogP contribution >= 0.6 is 0 Å². The third kappa shape index (κ3) is 7.20. The summed E-state index contributed by atoms with van der Waals surface area (Å²) in [4.78, 5) is 44.3. The van der Waals surface area contributed by atoms with Gasteiger partial charge in [-0.1, -0.05) is 0 Å². The molecule has 0 aliphatic rings. The van der Waals surface area contributed by atoms with E-state index in [1.807, 2.05) is 5.32 Å². The Morgan fingerprint density at radius 3 is 2.17 bits per heavy atom. The van der Waals surface area contributed by atoms with Crippen LogP contribution in [0, 0.1) is 21.7 Å². The Morgan fingerprint density at radius 1 is 1.17 bits per heavy atom. The van der Waals surface area contributed by atoms with Crippen LogP contribution in [0.25, 0.3) is 0 Å². The lowest BCUT2D eigenvalue weighted by Crippen LogP contribution is -2.47. The number of aliphatic carboxylic acids is 2. The van der Waals surface area contributed by atoms with E-state index in [0.717, 1.165) is 0 Å². The maximum absolute atomic E-state index is 13.4. The van der Waals surface area contributed by atoms with Crippen LogP contribution in [0.4, 0.5) is 19.3 Å². The summed E-state index contributed by atoms with van der Waals surface area (Å²) >= 11 is 0. The van der Waals surface area contributed by atoms with Crippen LogP contribution in [0.1, 0.15) is 27.2 Å². The Labute approximate surface area is 162 Å². The van der Waals surface area contributed by atoms with Gasteiger partial charge in [-0.3, -0.25) is 10.1 Å². The molecule has 11 nitrogen and oxygen atoms in total. The van der Waals surface area contributed by atoms with E-state index in [2.05, 4.69) is 0 Å². The van der Waals surface area contributed by atoms with Crippen LogP contribution in [0.2, 0.25) is 0 Å². The minimum Gasteiger partial charge on any atom is -0.480 e. The smallest absolute Gasteiger partial charge is 0.408 e. The number of benzene rings is 1. The number of rotatable bonds is 8. The van der Waals surface area contributed by atoms with Crippen molar-refractivity contribution in [1.82, 2.24) is 5.32 Å². The zero-order valence-electron chi connectivity index (χ0n) is 15.5. The lowest BCUT2D eigenvalue weighted by atomic mass is 10.1. The molecule has 0 spiro atoms. The van der Waals surface area contributed by atoms with Crippen LogP contribution < -0.4 is 10.1 Å². The molecule has 3 N–H and O–H groups in total. The second kappa shape index (κ2) is 9.12. The predicted octanol–water partition coefficient (Wildman–Crippen LogP) is 2.07. The normalized spacial score (nSPS) is 13.1. The molecule has 0 bridgehead atoms. The number of carbonyl (C=O) groups excluding carboxylic acids is 1. The molecule has 13 heteroatoms. The zero-order chi connectivity index (χ0) is 22.5. The third-order valence-electron chi connectivity index (χ3n) is 3.18. The van der Waals surface area contributed by atoms with Crippen LogP contribution in [0.15, 0.2) is 12.1 Å². The van der Waals surface area contributed by atoms with Gasteiger partial charge in [0.25, 0.3) is 0 Å². The van der Waals surface area contributed by atoms with Gasteiger partial charge in [-0.15, -0.1) is 0 Å². The Morgan fingerprint density at radius 2 is 1.72 bits per heavy atom. The number of ether oxygens (including phenoxy) is 2. The van der Waals surface area contributed by atoms with Crippen molar-refractivity contribution in [1.29, 1.82) is 0 Å². The van der Waals surface area contributed by atoms with Crippen LogP contribution in [0.5, 0.6) is 5.75 Å². The molecule has 0 radical (unpaired) electrons. The molecule has 0 saturated carbocycles. The minimum absolute atomic E-state index is 0.192. The van der Waals surface area contributed by atoms with Crippen molar-refractivity contribution in [3.63, 3.8) is 0 Å². The number of amides is 1. The number of nitrogens with zero attached hydrogens (tertiary/aromatic N) is 1. The molecule has 1 aromatic rings. The van der Waals surface area contributed by atoms with E-state index in [0.29, 0.717) is 0 Å². The lowest BCUT2D eigenvalue weighted by molar-refractivity contribution is -0.386. The van der Waals surface area contributed by atoms with E-state index in [1.165, 1.54) is 20.8 Å². The predicted molar refractivity (Wildman–Crippen MR) is 90.5 cm³/mol. The van der Waals surface area contributed by atoms with Gasteiger partial charge in [-0.25, -0.2) is 23.2 Å². The molecule has 0 saturated heterocycles. The van der Waals surface area contributed by atoms with Crippen molar-refractivity contribution < 1.29 is 47.8 Å². The number of carboxylic acids is 2. The number of carboxylic acid groups (broad SMARTS) is 2. The van der Waals surface area contributed by atoms with Crippen LogP contribution in [0.3, 0.4) is 0 Å². The van der Waals surface area contributed by atoms with Crippen LogP contribution in [-0.2, 0) is 14.3 Å². The summed E-state index contributed by atoms with van der Waals surface area (Å²) in [5.41, 5.74) is -2.04. The van der Waals surface area contributed by atoms with Crippen LogP contribution in [-0.4, -0.2) is 50.9 Å². The standard InChI is InChI=1S/C16H18F2N2O9/c1-16(2,3)29-15(25)19-9(13(21)22)6-12(14(23)24)28-11-5-8(18)7(17)4-10(11)20(26)27/h4-5,9,12H,6H2,1-3H3,(H,19,25)(H,21,22)(H,23,24)/t9-,12-/m0/s1.